The molecular formula is C73H56BrN9. The van der Waals surface area contributed by atoms with E-state index in [1.54, 1.807) is 0 Å². The average molecular weight is 1140 g/mol. The summed E-state index contributed by atoms with van der Waals surface area (Å²) < 4.78 is 9.51. The number of nitrogens with zero attached hydrogens (tertiary/aromatic N) is 9. The summed E-state index contributed by atoms with van der Waals surface area (Å²) in [6, 6.07) is 96.0. The van der Waals surface area contributed by atoms with Crippen molar-refractivity contribution in [3.05, 3.63) is 344 Å². The van der Waals surface area contributed by atoms with E-state index < -0.39 is 0 Å². The van der Waals surface area contributed by atoms with E-state index in [1.807, 2.05) is 141 Å². The molecule has 0 bridgehead atoms. The first kappa shape index (κ1) is 53.0. The van der Waals surface area contributed by atoms with Crippen molar-refractivity contribution in [2.24, 2.45) is 0 Å². The second kappa shape index (κ2) is 25.6. The molecule has 0 saturated carbocycles. The molecule has 0 aliphatic heterocycles. The minimum absolute atomic E-state index is 0.893. The van der Waals surface area contributed by atoms with Crippen molar-refractivity contribution in [2.75, 3.05) is 4.90 Å². The second-order valence-corrected chi connectivity index (χ2v) is 20.4. The quantitative estimate of drug-likeness (QED) is 0.115. The van der Waals surface area contributed by atoms with Gasteiger partial charge in [-0.05, 0) is 121 Å². The zero-order valence-corrected chi connectivity index (χ0v) is 46.9. The van der Waals surface area contributed by atoms with Gasteiger partial charge in [0.05, 0.1) is 0 Å². The third-order valence-corrected chi connectivity index (χ3v) is 14.5. The molecule has 14 rings (SSSR count). The Bertz CT molecular complexity index is 4190. The normalized spacial score (nSPS) is 10.8. The molecule has 0 aliphatic carbocycles. The van der Waals surface area contributed by atoms with Gasteiger partial charge in [0.25, 0.3) is 0 Å². The van der Waals surface area contributed by atoms with E-state index in [1.165, 1.54) is 11.1 Å². The third kappa shape index (κ3) is 12.5. The molecule has 0 atom stereocenters. The number of benzene rings is 10. The molecule has 400 valence electrons. The summed E-state index contributed by atoms with van der Waals surface area (Å²) in [6.07, 6.45) is 16.3. The fraction of sp³-hybridized carbons (Fsp3) is 0.0137. The Kier molecular flexibility index (Phi) is 16.4. The number of imidazole rings is 4. The van der Waals surface area contributed by atoms with Gasteiger partial charge in [-0.25, -0.2) is 19.9 Å². The van der Waals surface area contributed by atoms with Crippen molar-refractivity contribution in [3.8, 4) is 68.3 Å². The van der Waals surface area contributed by atoms with Crippen LogP contribution in [0.2, 0.25) is 0 Å². The van der Waals surface area contributed by atoms with Gasteiger partial charge in [0.2, 0.25) is 0 Å². The van der Waals surface area contributed by atoms with Crippen LogP contribution in [0.5, 0.6) is 0 Å². The molecule has 0 spiro atoms. The highest BCUT2D eigenvalue weighted by atomic mass is 79.9. The van der Waals surface area contributed by atoms with Crippen LogP contribution in [0, 0.1) is 0 Å². The number of hydrogen-bond acceptors (Lipinski definition) is 5. The van der Waals surface area contributed by atoms with Gasteiger partial charge in [-0.2, -0.15) is 0 Å². The second-order valence-electron chi connectivity index (χ2n) is 19.5. The zero-order valence-electron chi connectivity index (χ0n) is 45.3. The van der Waals surface area contributed by atoms with Gasteiger partial charge in [-0.1, -0.05) is 192 Å². The van der Waals surface area contributed by atoms with Gasteiger partial charge in [-0.15, -0.1) is 0 Å². The summed E-state index contributed by atoms with van der Waals surface area (Å²) in [5.74, 6) is 3.70. The van der Waals surface area contributed by atoms with E-state index >= 15 is 0 Å². The van der Waals surface area contributed by atoms with Gasteiger partial charge >= 0.3 is 0 Å². The first-order valence-electron chi connectivity index (χ1n) is 27.4. The monoisotopic (exact) mass is 1140 g/mol. The molecule has 10 aromatic carbocycles. The van der Waals surface area contributed by atoms with Gasteiger partial charge in [0.1, 0.15) is 23.3 Å². The van der Waals surface area contributed by atoms with Gasteiger partial charge in [-0.3, -0.25) is 18.3 Å². The van der Waals surface area contributed by atoms with E-state index in [0.717, 1.165) is 96.3 Å². The Morgan fingerprint density at radius 3 is 0.964 bits per heavy atom. The topological polar surface area (TPSA) is 74.5 Å². The van der Waals surface area contributed by atoms with Crippen LogP contribution in [0.4, 0.5) is 17.1 Å². The van der Waals surface area contributed by atoms with Crippen LogP contribution in [0.15, 0.2) is 333 Å². The molecule has 10 heteroatoms. The standard InChI is InChI=1S/C36H27N5.C22H18N2.C15H11BrN2/c1-4-14-30(15-5-1)39-24-22-37-35(39)28-12-10-20-33(26-28)41(32-18-8-3-9-19-32)34-21-11-13-29(27-34)36-38-23-25-40(36)31-16-6-2-7-17-31;1-3-8-18(9-4-1)16-19-10-7-11-20(17-19)22-23-14-15-24(22)21-12-5-2-6-13-21;16-13-6-4-5-12(11-13)15-17-9-10-18(15)14-7-2-1-3-8-14/h1-27H;1-15,17H,16H2;1-11H. The molecule has 0 unspecified atom stereocenters. The fourth-order valence-corrected chi connectivity index (χ4v) is 10.5. The first-order valence-corrected chi connectivity index (χ1v) is 28.2. The molecule has 4 heterocycles. The molecule has 0 amide bonds. The van der Waals surface area contributed by atoms with Crippen LogP contribution < -0.4 is 4.90 Å². The number of halogens is 1. The Balaban J connectivity index is 0.000000136. The number of anilines is 3. The summed E-state index contributed by atoms with van der Waals surface area (Å²) in [6.45, 7) is 0. The van der Waals surface area contributed by atoms with E-state index in [0.29, 0.717) is 0 Å². The summed E-state index contributed by atoms with van der Waals surface area (Å²) in [5.41, 5.74) is 14.5. The van der Waals surface area contributed by atoms with Crippen molar-refractivity contribution in [2.45, 2.75) is 6.42 Å². The summed E-state index contributed by atoms with van der Waals surface area (Å²) in [4.78, 5) is 20.8. The predicted molar refractivity (Wildman–Crippen MR) is 341 cm³/mol. The van der Waals surface area contributed by atoms with E-state index in [-0.39, 0.29) is 0 Å². The smallest absolute Gasteiger partial charge is 0.144 e. The zero-order chi connectivity index (χ0) is 56.0. The molecule has 0 radical (unpaired) electrons. The Labute approximate surface area is 492 Å². The number of aromatic nitrogens is 8. The van der Waals surface area contributed by atoms with E-state index in [2.05, 4.69) is 237 Å². The highest BCUT2D eigenvalue weighted by Crippen LogP contribution is 2.38. The third-order valence-electron chi connectivity index (χ3n) is 14.0. The maximum atomic E-state index is 4.73. The number of para-hydroxylation sites is 5. The van der Waals surface area contributed by atoms with Crippen molar-refractivity contribution >= 4 is 33.0 Å². The van der Waals surface area contributed by atoms with Crippen LogP contribution in [-0.2, 0) is 6.42 Å². The largest absolute Gasteiger partial charge is 0.310 e. The highest BCUT2D eigenvalue weighted by molar-refractivity contribution is 9.10. The Hall–Kier alpha value is -10.7. The van der Waals surface area contributed by atoms with E-state index in [9.17, 15) is 0 Å². The Morgan fingerprint density at radius 2 is 0.578 bits per heavy atom. The lowest BCUT2D eigenvalue weighted by molar-refractivity contribution is 1.06. The molecule has 0 fully saturated rings. The molecule has 0 saturated heterocycles. The van der Waals surface area contributed by atoms with Crippen LogP contribution in [0.3, 0.4) is 0 Å². The lowest BCUT2D eigenvalue weighted by Gasteiger charge is -2.26. The van der Waals surface area contributed by atoms with Gasteiger partial charge in [0.15, 0.2) is 0 Å². The first-order chi connectivity index (χ1) is 41.1. The number of rotatable bonds is 13. The molecule has 83 heavy (non-hydrogen) atoms. The van der Waals surface area contributed by atoms with Crippen LogP contribution in [0.1, 0.15) is 11.1 Å². The van der Waals surface area contributed by atoms with Crippen molar-refractivity contribution < 1.29 is 0 Å². The predicted octanol–water partition coefficient (Wildman–Crippen LogP) is 18.3. The fourth-order valence-electron chi connectivity index (χ4n) is 10.1. The SMILES string of the molecule is Brc1cccc(-c2nccn2-c2ccccc2)c1.c1ccc(Cc2cccc(-c3nccn3-c3ccccc3)c2)cc1.c1ccc(N(c2cccc(-c3nccn3-c3ccccc3)c2)c2cccc(-c3nccn3-c3ccccc3)c2)cc1. The molecule has 4 aromatic heterocycles. The van der Waals surface area contributed by atoms with Gasteiger partial charge < -0.3 is 4.90 Å². The minimum Gasteiger partial charge on any atom is -0.310 e. The van der Waals surface area contributed by atoms with E-state index in [4.69, 9.17) is 9.97 Å². The lowest BCUT2D eigenvalue weighted by atomic mass is 10.0. The molecular weight excluding hydrogens is 1080 g/mol. The molecule has 14 aromatic rings. The molecule has 9 nitrogen and oxygen atoms in total. The summed E-state index contributed by atoms with van der Waals surface area (Å²) in [5, 5.41) is 0. The molecule has 0 aliphatic rings. The number of hydrogen-bond donors (Lipinski definition) is 0. The van der Waals surface area contributed by atoms with Crippen molar-refractivity contribution in [3.63, 3.8) is 0 Å². The van der Waals surface area contributed by atoms with Crippen LogP contribution in [-0.4, -0.2) is 38.2 Å². The minimum atomic E-state index is 0.893. The summed E-state index contributed by atoms with van der Waals surface area (Å²) in [7, 11) is 0. The van der Waals surface area contributed by atoms with Crippen LogP contribution >= 0.6 is 15.9 Å². The highest BCUT2D eigenvalue weighted by Gasteiger charge is 2.18. The maximum absolute atomic E-state index is 4.73. The van der Waals surface area contributed by atoms with Gasteiger partial charge in [0, 0.05) is 116 Å². The molecule has 0 N–H and O–H groups in total. The van der Waals surface area contributed by atoms with Crippen molar-refractivity contribution in [1.29, 1.82) is 0 Å². The van der Waals surface area contributed by atoms with Crippen molar-refractivity contribution in [1.82, 2.24) is 38.2 Å². The van der Waals surface area contributed by atoms with Crippen LogP contribution in [0.25, 0.3) is 68.3 Å². The lowest BCUT2D eigenvalue weighted by Crippen LogP contribution is -2.10. The average Bonchev–Trinajstić information content (AvgIpc) is 4.63. The Morgan fingerprint density at radius 1 is 0.277 bits per heavy atom. The summed E-state index contributed by atoms with van der Waals surface area (Å²) >= 11 is 3.49. The maximum Gasteiger partial charge on any atom is 0.144 e.